The highest BCUT2D eigenvalue weighted by Gasteiger charge is 2.26. The molecule has 1 aliphatic heterocycles. The number of ether oxygens (including phenoxy) is 1. The van der Waals surface area contributed by atoms with Crippen LogP contribution < -0.4 is 16.2 Å². The van der Waals surface area contributed by atoms with Crippen molar-refractivity contribution >= 4 is 59.1 Å². The van der Waals surface area contributed by atoms with Crippen molar-refractivity contribution in [2.75, 3.05) is 13.2 Å². The average molecular weight is 477 g/mol. The maximum atomic E-state index is 6.34. The summed E-state index contributed by atoms with van der Waals surface area (Å²) < 4.78 is 5.71. The monoisotopic (exact) mass is 475 g/mol. The Kier molecular flexibility index (Phi) is 8.71. The van der Waals surface area contributed by atoms with E-state index < -0.39 is 6.17 Å². The smallest absolute Gasteiger partial charge is 0.220 e. The molecule has 4 N–H and O–H groups in total. The lowest BCUT2D eigenvalue weighted by Crippen LogP contribution is -2.44. The normalized spacial score (nSPS) is 16.0. The molecule has 2 aromatic carbocycles. The van der Waals surface area contributed by atoms with Crippen molar-refractivity contribution in [2.24, 2.45) is 21.5 Å². The van der Waals surface area contributed by atoms with Crippen LogP contribution in [0.2, 0.25) is 15.1 Å². The summed E-state index contributed by atoms with van der Waals surface area (Å²) >= 11 is 18.2. The van der Waals surface area contributed by atoms with Gasteiger partial charge in [-0.3, -0.25) is 0 Å². The van der Waals surface area contributed by atoms with E-state index in [0.29, 0.717) is 39.9 Å². The molecule has 0 bridgehead atoms. The van der Waals surface area contributed by atoms with Crippen LogP contribution in [-0.4, -0.2) is 30.0 Å². The summed E-state index contributed by atoms with van der Waals surface area (Å²) in [6.45, 7) is 1.16. The Morgan fingerprint density at radius 3 is 2.45 bits per heavy atom. The van der Waals surface area contributed by atoms with Crippen LogP contribution >= 0.6 is 47.2 Å². The van der Waals surface area contributed by atoms with Gasteiger partial charge in [0, 0.05) is 23.2 Å². The van der Waals surface area contributed by atoms with Crippen molar-refractivity contribution in [1.29, 1.82) is 0 Å². The third-order valence-corrected chi connectivity index (χ3v) is 5.29. The highest BCUT2D eigenvalue weighted by Crippen LogP contribution is 2.30. The summed E-state index contributed by atoms with van der Waals surface area (Å²) in [4.78, 5) is 10.4. The van der Waals surface area contributed by atoms with Crippen molar-refractivity contribution in [1.82, 2.24) is 4.90 Å². The molecule has 3 rings (SSSR count). The topological polar surface area (TPSA) is 89.2 Å². The first kappa shape index (κ1) is 23.4. The van der Waals surface area contributed by atoms with Crippen LogP contribution in [0.1, 0.15) is 24.6 Å². The standard InChI is InChI=1S/C19H20Cl3N5O.ClH/c20-14-6-2-1-5-13(14)17-25-18(23)26-19(24)27(17)9-3-4-10-28-12-7-8-15(21)16(22)11-12;/h1-2,5-8,11,17H,3-4,9-10H2,(H4,23,24,25,26);1H. The van der Waals surface area contributed by atoms with Gasteiger partial charge in [0.15, 0.2) is 6.17 Å². The van der Waals surface area contributed by atoms with E-state index in [2.05, 4.69) is 9.98 Å². The number of unbranched alkanes of at least 4 members (excludes halogenated alkanes) is 1. The zero-order chi connectivity index (χ0) is 20.1. The van der Waals surface area contributed by atoms with Gasteiger partial charge in [-0.2, -0.15) is 4.99 Å². The fourth-order valence-electron chi connectivity index (χ4n) is 2.83. The van der Waals surface area contributed by atoms with Gasteiger partial charge in [0.05, 0.1) is 16.7 Å². The number of benzene rings is 2. The van der Waals surface area contributed by atoms with Gasteiger partial charge in [0.1, 0.15) is 5.75 Å². The van der Waals surface area contributed by atoms with Gasteiger partial charge in [0.2, 0.25) is 11.9 Å². The molecule has 6 nitrogen and oxygen atoms in total. The van der Waals surface area contributed by atoms with E-state index in [-0.39, 0.29) is 18.4 Å². The predicted molar refractivity (Wildman–Crippen MR) is 123 cm³/mol. The zero-order valence-electron chi connectivity index (χ0n) is 15.4. The Morgan fingerprint density at radius 1 is 0.966 bits per heavy atom. The zero-order valence-corrected chi connectivity index (χ0v) is 18.5. The number of nitrogens with two attached hydrogens (primary N) is 2. The lowest BCUT2D eigenvalue weighted by molar-refractivity contribution is 0.274. The van der Waals surface area contributed by atoms with E-state index >= 15 is 0 Å². The molecule has 10 heteroatoms. The Labute approximate surface area is 190 Å². The molecule has 29 heavy (non-hydrogen) atoms. The quantitative estimate of drug-likeness (QED) is 0.557. The number of nitrogens with zero attached hydrogens (tertiary/aromatic N) is 3. The predicted octanol–water partition coefficient (Wildman–Crippen LogP) is 4.87. The number of halogens is 4. The van der Waals surface area contributed by atoms with Gasteiger partial charge in [-0.1, -0.05) is 53.0 Å². The van der Waals surface area contributed by atoms with E-state index in [1.807, 2.05) is 29.2 Å². The average Bonchev–Trinajstić information content (AvgIpc) is 2.66. The highest BCUT2D eigenvalue weighted by atomic mass is 35.5. The Hall–Kier alpha value is -1.86. The molecule has 0 spiro atoms. The van der Waals surface area contributed by atoms with Crippen molar-refractivity contribution in [2.45, 2.75) is 19.0 Å². The first-order chi connectivity index (χ1) is 13.5. The van der Waals surface area contributed by atoms with E-state index in [0.717, 1.165) is 18.4 Å². The molecule has 0 saturated carbocycles. The lowest BCUT2D eigenvalue weighted by atomic mass is 10.1. The van der Waals surface area contributed by atoms with E-state index in [1.165, 1.54) is 0 Å². The molecule has 0 saturated heterocycles. The second-order valence-electron chi connectivity index (χ2n) is 6.18. The number of hydrogen-bond donors (Lipinski definition) is 2. The third-order valence-electron chi connectivity index (χ3n) is 4.21. The largest absolute Gasteiger partial charge is 0.494 e. The molecule has 0 aliphatic carbocycles. The fraction of sp³-hybridized carbons (Fsp3) is 0.263. The maximum Gasteiger partial charge on any atom is 0.220 e. The van der Waals surface area contributed by atoms with Crippen LogP contribution in [0.4, 0.5) is 0 Å². The van der Waals surface area contributed by atoms with Crippen LogP contribution in [0.15, 0.2) is 52.4 Å². The maximum absolute atomic E-state index is 6.34. The first-order valence-corrected chi connectivity index (χ1v) is 9.85. The van der Waals surface area contributed by atoms with Crippen LogP contribution in [-0.2, 0) is 0 Å². The summed E-state index contributed by atoms with van der Waals surface area (Å²) in [5, 5.41) is 1.57. The van der Waals surface area contributed by atoms with Crippen molar-refractivity contribution in [3.05, 3.63) is 63.1 Å². The van der Waals surface area contributed by atoms with E-state index in [9.17, 15) is 0 Å². The minimum absolute atomic E-state index is 0. The number of rotatable bonds is 7. The highest BCUT2D eigenvalue weighted by molar-refractivity contribution is 6.42. The van der Waals surface area contributed by atoms with Gasteiger partial charge in [0.25, 0.3) is 0 Å². The Morgan fingerprint density at radius 2 is 1.72 bits per heavy atom. The summed E-state index contributed by atoms with van der Waals surface area (Å²) in [6, 6.07) is 12.7. The summed E-state index contributed by atoms with van der Waals surface area (Å²) in [5.41, 5.74) is 12.7. The molecule has 1 heterocycles. The third kappa shape index (κ3) is 6.06. The molecule has 2 aromatic rings. The molecule has 1 unspecified atom stereocenters. The fourth-order valence-corrected chi connectivity index (χ4v) is 3.35. The van der Waals surface area contributed by atoms with Crippen molar-refractivity contribution in [3.8, 4) is 5.75 Å². The molecule has 0 radical (unpaired) electrons. The molecule has 1 aliphatic rings. The summed E-state index contributed by atoms with van der Waals surface area (Å²) in [6.07, 6.45) is 1.22. The molecule has 0 fully saturated rings. The van der Waals surface area contributed by atoms with Crippen LogP contribution in [0.5, 0.6) is 5.75 Å². The first-order valence-electron chi connectivity index (χ1n) is 8.72. The second-order valence-corrected chi connectivity index (χ2v) is 7.40. The van der Waals surface area contributed by atoms with Crippen LogP contribution in [0, 0.1) is 0 Å². The second kappa shape index (κ2) is 10.8. The molecule has 0 aromatic heterocycles. The molecule has 0 amide bonds. The number of guanidine groups is 2. The van der Waals surface area contributed by atoms with Crippen LogP contribution in [0.3, 0.4) is 0 Å². The van der Waals surface area contributed by atoms with Gasteiger partial charge in [-0.15, -0.1) is 12.4 Å². The molecule has 1 atom stereocenters. The van der Waals surface area contributed by atoms with Crippen LogP contribution in [0.25, 0.3) is 0 Å². The van der Waals surface area contributed by atoms with E-state index in [4.69, 9.17) is 51.0 Å². The van der Waals surface area contributed by atoms with Crippen molar-refractivity contribution in [3.63, 3.8) is 0 Å². The minimum atomic E-state index is -0.401. The molecular weight excluding hydrogens is 456 g/mol. The van der Waals surface area contributed by atoms with Crippen molar-refractivity contribution < 1.29 is 4.74 Å². The van der Waals surface area contributed by atoms with Gasteiger partial charge >= 0.3 is 0 Å². The van der Waals surface area contributed by atoms with E-state index in [1.54, 1.807) is 18.2 Å². The number of aliphatic imine (C=N–C) groups is 2. The summed E-state index contributed by atoms with van der Waals surface area (Å²) in [5.74, 6) is 1.14. The van der Waals surface area contributed by atoms with Gasteiger partial charge < -0.3 is 21.1 Å². The SMILES string of the molecule is Cl.NC1=NC(c2ccccc2Cl)N(CCCCOc2ccc(Cl)c(Cl)c2)C(N)=N1. The van der Waals surface area contributed by atoms with Gasteiger partial charge in [-0.05, 0) is 31.0 Å². The molecule has 156 valence electrons. The Bertz CT molecular complexity index is 906. The summed E-state index contributed by atoms with van der Waals surface area (Å²) in [7, 11) is 0. The Balaban J connectivity index is 0.00000300. The minimum Gasteiger partial charge on any atom is -0.494 e. The molecular formula is C19H21Cl4N5O. The number of hydrogen-bond acceptors (Lipinski definition) is 6. The van der Waals surface area contributed by atoms with Gasteiger partial charge in [-0.25, -0.2) is 4.99 Å². The lowest BCUT2D eigenvalue weighted by Gasteiger charge is -2.33.